The highest BCUT2D eigenvalue weighted by Gasteiger charge is 2.44. The zero-order valence-corrected chi connectivity index (χ0v) is 11.2. The van der Waals surface area contributed by atoms with Crippen LogP contribution in [0.4, 0.5) is 0 Å². The second kappa shape index (κ2) is 5.33. The van der Waals surface area contributed by atoms with Gasteiger partial charge in [0.25, 0.3) is 10.2 Å². The van der Waals surface area contributed by atoms with Gasteiger partial charge in [0.2, 0.25) is 0 Å². The average Bonchev–Trinajstić information content (AvgIpc) is 2.70. The summed E-state index contributed by atoms with van der Waals surface area (Å²) in [4.78, 5) is 11.1. The Morgan fingerprint density at radius 1 is 1.11 bits per heavy atom. The standard InChI is InChI=1S/C10H18N2O6S/c13-8-5-11(6-9(8)14)19(17,18)12-4-2-1-3-7(12)10(15)16/h7-9,13-14H,1-6H2,(H,15,16)/t7?,8-,9+. The number of aliphatic hydroxyl groups excluding tert-OH is 2. The molecule has 2 saturated heterocycles. The molecule has 0 saturated carbocycles. The number of β-amino-alcohol motifs (C(OH)–C–C–N with tert-alkyl or cyclic N) is 2. The van der Waals surface area contributed by atoms with E-state index in [1.54, 1.807) is 0 Å². The van der Waals surface area contributed by atoms with Crippen LogP contribution in [-0.2, 0) is 15.0 Å². The number of rotatable bonds is 3. The lowest BCUT2D eigenvalue weighted by molar-refractivity contribution is -0.142. The number of aliphatic hydroxyl groups is 2. The third-order valence-corrected chi connectivity index (χ3v) is 5.57. The number of hydrogen-bond donors (Lipinski definition) is 3. The van der Waals surface area contributed by atoms with Gasteiger partial charge in [-0.1, -0.05) is 0 Å². The van der Waals surface area contributed by atoms with Gasteiger partial charge in [0.15, 0.2) is 0 Å². The molecule has 2 aliphatic rings. The van der Waals surface area contributed by atoms with Gasteiger partial charge in [0, 0.05) is 19.6 Å². The zero-order chi connectivity index (χ0) is 14.2. The highest BCUT2D eigenvalue weighted by Crippen LogP contribution is 2.25. The van der Waals surface area contributed by atoms with E-state index in [9.17, 15) is 23.4 Å². The molecule has 0 aromatic carbocycles. The number of hydrogen-bond acceptors (Lipinski definition) is 5. The second-order valence-electron chi connectivity index (χ2n) is 4.92. The maximum absolute atomic E-state index is 12.4. The molecule has 0 spiro atoms. The molecule has 0 bridgehead atoms. The van der Waals surface area contributed by atoms with Crippen molar-refractivity contribution in [2.24, 2.45) is 0 Å². The van der Waals surface area contributed by atoms with Crippen molar-refractivity contribution in [3.05, 3.63) is 0 Å². The fourth-order valence-electron chi connectivity index (χ4n) is 2.50. The third kappa shape index (κ3) is 2.75. The highest BCUT2D eigenvalue weighted by atomic mass is 32.2. The van der Waals surface area contributed by atoms with Crippen molar-refractivity contribution >= 4 is 16.2 Å². The van der Waals surface area contributed by atoms with Crippen LogP contribution in [0.2, 0.25) is 0 Å². The van der Waals surface area contributed by atoms with E-state index in [2.05, 4.69) is 0 Å². The van der Waals surface area contributed by atoms with Crippen LogP contribution in [0, 0.1) is 0 Å². The summed E-state index contributed by atoms with van der Waals surface area (Å²) in [5.74, 6) is -1.16. The quantitative estimate of drug-likeness (QED) is 0.565. The summed E-state index contributed by atoms with van der Waals surface area (Å²) in [6.07, 6.45) is -0.672. The predicted octanol–water partition coefficient (Wildman–Crippen LogP) is -1.79. The summed E-state index contributed by atoms with van der Waals surface area (Å²) in [6.45, 7) is -0.249. The molecule has 3 atom stereocenters. The Morgan fingerprint density at radius 2 is 1.68 bits per heavy atom. The van der Waals surface area contributed by atoms with E-state index in [-0.39, 0.29) is 26.1 Å². The Hall–Kier alpha value is -0.740. The van der Waals surface area contributed by atoms with Crippen molar-refractivity contribution in [1.29, 1.82) is 0 Å². The number of piperidine rings is 1. The van der Waals surface area contributed by atoms with Crippen molar-refractivity contribution in [2.75, 3.05) is 19.6 Å². The molecule has 110 valence electrons. The predicted molar refractivity (Wildman–Crippen MR) is 64.5 cm³/mol. The van der Waals surface area contributed by atoms with Crippen molar-refractivity contribution in [2.45, 2.75) is 37.5 Å². The summed E-state index contributed by atoms with van der Waals surface area (Å²) < 4.78 is 26.6. The van der Waals surface area contributed by atoms with Crippen LogP contribution in [-0.4, -0.2) is 76.2 Å². The Labute approximate surface area is 111 Å². The summed E-state index contributed by atoms with van der Waals surface area (Å²) in [6, 6.07) is -1.06. The largest absolute Gasteiger partial charge is 0.480 e. The number of nitrogens with zero attached hydrogens (tertiary/aromatic N) is 2. The average molecular weight is 294 g/mol. The maximum Gasteiger partial charge on any atom is 0.322 e. The van der Waals surface area contributed by atoms with Gasteiger partial charge in [0.05, 0.1) is 12.2 Å². The Balaban J connectivity index is 2.20. The molecule has 8 nitrogen and oxygen atoms in total. The molecule has 1 unspecified atom stereocenters. The fourth-order valence-corrected chi connectivity index (χ4v) is 4.36. The van der Waals surface area contributed by atoms with E-state index in [1.807, 2.05) is 0 Å². The van der Waals surface area contributed by atoms with Crippen LogP contribution in [0.3, 0.4) is 0 Å². The summed E-state index contributed by atoms with van der Waals surface area (Å²) >= 11 is 0. The van der Waals surface area contributed by atoms with E-state index in [1.165, 1.54) is 0 Å². The van der Waals surface area contributed by atoms with Crippen molar-refractivity contribution < 1.29 is 28.5 Å². The third-order valence-electron chi connectivity index (χ3n) is 3.59. The van der Waals surface area contributed by atoms with E-state index in [4.69, 9.17) is 5.11 Å². The summed E-state index contributed by atoms with van der Waals surface area (Å²) in [7, 11) is -3.96. The number of carboxylic acid groups (broad SMARTS) is 1. The number of carboxylic acids is 1. The number of carbonyl (C=O) groups is 1. The second-order valence-corrected chi connectivity index (χ2v) is 6.80. The lowest BCUT2D eigenvalue weighted by atomic mass is 10.1. The molecule has 9 heteroatoms. The number of aliphatic carboxylic acids is 1. The van der Waals surface area contributed by atoms with Gasteiger partial charge in [-0.05, 0) is 19.3 Å². The van der Waals surface area contributed by atoms with Gasteiger partial charge in [-0.25, -0.2) is 0 Å². The van der Waals surface area contributed by atoms with Gasteiger partial charge in [-0.3, -0.25) is 4.79 Å². The lowest BCUT2D eigenvalue weighted by Crippen LogP contribution is -2.53. The van der Waals surface area contributed by atoms with Crippen LogP contribution in [0.1, 0.15) is 19.3 Å². The lowest BCUT2D eigenvalue weighted by Gasteiger charge is -2.34. The van der Waals surface area contributed by atoms with Crippen LogP contribution >= 0.6 is 0 Å². The fraction of sp³-hybridized carbons (Fsp3) is 0.900. The molecule has 3 N–H and O–H groups in total. The van der Waals surface area contributed by atoms with Gasteiger partial charge >= 0.3 is 5.97 Å². The normalized spacial score (nSPS) is 34.5. The van der Waals surface area contributed by atoms with Crippen molar-refractivity contribution in [3.8, 4) is 0 Å². The molecule has 2 fully saturated rings. The summed E-state index contributed by atoms with van der Waals surface area (Å²) in [5.41, 5.74) is 0. The molecule has 0 aromatic rings. The summed E-state index contributed by atoms with van der Waals surface area (Å²) in [5, 5.41) is 27.9. The monoisotopic (exact) mass is 294 g/mol. The van der Waals surface area contributed by atoms with Gasteiger partial charge in [-0.2, -0.15) is 17.0 Å². The molecule has 0 aromatic heterocycles. The van der Waals surface area contributed by atoms with Crippen LogP contribution in [0.15, 0.2) is 0 Å². The Bertz CT molecular complexity index is 443. The smallest absolute Gasteiger partial charge is 0.322 e. The molecular weight excluding hydrogens is 276 g/mol. The van der Waals surface area contributed by atoms with E-state index >= 15 is 0 Å². The molecule has 0 aliphatic carbocycles. The molecular formula is C10H18N2O6S. The van der Waals surface area contributed by atoms with Crippen LogP contribution in [0.5, 0.6) is 0 Å². The van der Waals surface area contributed by atoms with Gasteiger partial charge < -0.3 is 15.3 Å². The zero-order valence-electron chi connectivity index (χ0n) is 10.3. The SMILES string of the molecule is O=C(O)C1CCCCN1S(=O)(=O)N1C[C@@H](O)[C@@H](O)C1. The van der Waals surface area contributed by atoms with E-state index < -0.39 is 34.4 Å². The van der Waals surface area contributed by atoms with Gasteiger partial charge in [0.1, 0.15) is 6.04 Å². The minimum absolute atomic E-state index is 0.155. The van der Waals surface area contributed by atoms with Crippen molar-refractivity contribution in [3.63, 3.8) is 0 Å². The Morgan fingerprint density at radius 3 is 2.21 bits per heavy atom. The molecule has 2 heterocycles. The first-order valence-electron chi connectivity index (χ1n) is 6.20. The Kier molecular flexibility index (Phi) is 4.11. The molecule has 0 amide bonds. The molecule has 19 heavy (non-hydrogen) atoms. The van der Waals surface area contributed by atoms with Gasteiger partial charge in [-0.15, -0.1) is 0 Å². The first-order chi connectivity index (χ1) is 8.84. The minimum atomic E-state index is -3.96. The van der Waals surface area contributed by atoms with Crippen LogP contribution < -0.4 is 0 Å². The van der Waals surface area contributed by atoms with Crippen LogP contribution in [0.25, 0.3) is 0 Å². The molecule has 2 aliphatic heterocycles. The molecule has 2 rings (SSSR count). The van der Waals surface area contributed by atoms with E-state index in [0.29, 0.717) is 12.8 Å². The maximum atomic E-state index is 12.4. The first kappa shape index (κ1) is 14.7. The molecule has 0 radical (unpaired) electrons. The topological polar surface area (TPSA) is 118 Å². The highest BCUT2D eigenvalue weighted by molar-refractivity contribution is 7.86. The van der Waals surface area contributed by atoms with E-state index in [0.717, 1.165) is 8.61 Å². The van der Waals surface area contributed by atoms with Crippen molar-refractivity contribution in [1.82, 2.24) is 8.61 Å². The minimum Gasteiger partial charge on any atom is -0.480 e. The first-order valence-corrected chi connectivity index (χ1v) is 7.59.